The predicted molar refractivity (Wildman–Crippen MR) is 105 cm³/mol. The maximum atomic E-state index is 10.8. The topological polar surface area (TPSA) is 47.9 Å². The fourth-order valence-corrected chi connectivity index (χ4v) is 1.75. The molecule has 0 aliphatic heterocycles. The Kier molecular flexibility index (Phi) is 2.62. The number of rotatable bonds is 10. The Morgan fingerprint density at radius 2 is 2.00 bits per heavy atom. The SMILES string of the molecule is [2H]c1c([2H])c(OC([2H])([2H])C([2H])(O)C([2H])([2H])CC([2H])([2H])C([2H])([2H])c2ccc(OC([2H])([2H])[2H])c(OC([2H])([2H])[2H])c2)c([2H])c(C)c1C. The van der Waals surface area contributed by atoms with E-state index < -0.39 is 93.2 Å². The molecule has 0 heterocycles. The summed E-state index contributed by atoms with van der Waals surface area (Å²) in [5, 5.41) is 10.8. The molecule has 1 atom stereocenters. The van der Waals surface area contributed by atoms with Gasteiger partial charge in [-0.15, -0.1) is 0 Å². The van der Waals surface area contributed by atoms with E-state index in [4.69, 9.17) is 34.1 Å². The van der Waals surface area contributed by atoms with Gasteiger partial charge in [0.05, 0.1) is 36.6 Å². The van der Waals surface area contributed by atoms with E-state index in [0.29, 0.717) is 6.07 Å². The number of aliphatic hydroxyl groups is 1. The molecule has 0 fully saturated rings. The van der Waals surface area contributed by atoms with Crippen LogP contribution in [0, 0.1) is 13.8 Å². The molecule has 2 aromatic carbocycles. The molecule has 0 radical (unpaired) electrons. The highest BCUT2D eigenvalue weighted by atomic mass is 16.5. The molecule has 2 rings (SSSR count). The average Bonchev–Trinajstić information content (AvgIpc) is 2.82. The third-order valence-electron chi connectivity index (χ3n) is 3.22. The minimum absolute atomic E-state index is 0.106. The van der Waals surface area contributed by atoms with E-state index in [0.717, 1.165) is 12.1 Å². The number of benzene rings is 2. The van der Waals surface area contributed by atoms with Gasteiger partial charge in [0.1, 0.15) is 12.3 Å². The lowest BCUT2D eigenvalue weighted by atomic mass is 10.0. The van der Waals surface area contributed by atoms with Crippen molar-refractivity contribution in [2.45, 2.75) is 45.5 Å². The Hall–Kier alpha value is -2.20. The van der Waals surface area contributed by atoms with E-state index in [1.54, 1.807) is 0 Å². The number of ether oxygens (including phenoxy) is 3. The summed E-state index contributed by atoms with van der Waals surface area (Å²) in [4.78, 5) is 0. The zero-order valence-corrected chi connectivity index (χ0v) is 14.1. The first-order chi connectivity index (χ1) is 19.4. The van der Waals surface area contributed by atoms with E-state index in [1.807, 2.05) is 0 Å². The summed E-state index contributed by atoms with van der Waals surface area (Å²) in [6, 6.07) is 0.421. The van der Waals surface area contributed by atoms with Crippen LogP contribution in [-0.2, 0) is 6.37 Å². The number of hydrogen-bond donors (Lipinski definition) is 1. The van der Waals surface area contributed by atoms with Gasteiger partial charge in [0.25, 0.3) is 0 Å². The Morgan fingerprint density at radius 3 is 2.81 bits per heavy atom. The Labute approximate surface area is 182 Å². The predicted octanol–water partition coefficient (Wildman–Crippen LogP) is 4.47. The van der Waals surface area contributed by atoms with Crippen molar-refractivity contribution in [3.63, 3.8) is 0 Å². The van der Waals surface area contributed by atoms with Crippen molar-refractivity contribution in [3.05, 3.63) is 53.0 Å². The van der Waals surface area contributed by atoms with Crippen molar-refractivity contribution < 1.29 is 44.0 Å². The van der Waals surface area contributed by atoms with E-state index in [9.17, 15) is 5.11 Å². The fourth-order valence-electron chi connectivity index (χ4n) is 1.75. The largest absolute Gasteiger partial charge is 0.493 e. The summed E-state index contributed by atoms with van der Waals surface area (Å²) < 4.78 is 157. The highest BCUT2D eigenvalue weighted by Gasteiger charge is 2.07. The van der Waals surface area contributed by atoms with Crippen LogP contribution in [0.25, 0.3) is 0 Å². The second kappa shape index (κ2) is 10.1. The summed E-state index contributed by atoms with van der Waals surface area (Å²) in [5.74, 6) is -2.36. The lowest BCUT2D eigenvalue weighted by molar-refractivity contribution is 0.0976. The second-order valence-corrected chi connectivity index (χ2v) is 5.03. The van der Waals surface area contributed by atoms with Crippen LogP contribution < -0.4 is 14.2 Å². The highest BCUT2D eigenvalue weighted by Crippen LogP contribution is 2.28. The molecular weight excluding hydrogens is 328 g/mol. The van der Waals surface area contributed by atoms with E-state index in [1.165, 1.54) is 13.8 Å². The molecule has 0 spiro atoms. The molecule has 4 nitrogen and oxygen atoms in total. The van der Waals surface area contributed by atoms with Crippen molar-refractivity contribution >= 4 is 0 Å². The van der Waals surface area contributed by atoms with Gasteiger partial charge in [0.15, 0.2) is 11.5 Å². The van der Waals surface area contributed by atoms with Crippen LogP contribution in [0.3, 0.4) is 0 Å². The molecule has 2 aromatic rings. The summed E-state index contributed by atoms with van der Waals surface area (Å²) in [7, 11) is -6.27. The van der Waals surface area contributed by atoms with Crippen LogP contribution in [0.5, 0.6) is 17.2 Å². The fraction of sp³-hybridized carbons (Fsp3) is 0.455. The molecule has 0 aromatic heterocycles. The van der Waals surface area contributed by atoms with Gasteiger partial charge in [-0.2, -0.15) is 0 Å². The summed E-state index contributed by atoms with van der Waals surface area (Å²) in [6.45, 7) is -1.00. The van der Waals surface area contributed by atoms with Crippen LogP contribution >= 0.6 is 0 Å². The zero-order chi connectivity index (χ0) is 34.6. The molecule has 0 amide bonds. The maximum Gasteiger partial charge on any atom is 0.160 e. The molecule has 4 heteroatoms. The Bertz CT molecular complexity index is 1350. The van der Waals surface area contributed by atoms with E-state index in [-0.39, 0.29) is 11.1 Å². The number of methoxy groups -OCH3 is 2. The first-order valence-electron chi connectivity index (χ1n) is 16.4. The van der Waals surface area contributed by atoms with Crippen LogP contribution in [0.1, 0.15) is 60.5 Å². The zero-order valence-electron chi connectivity index (χ0n) is 32.1. The van der Waals surface area contributed by atoms with Gasteiger partial charge in [0, 0.05) is 8.22 Å². The minimum Gasteiger partial charge on any atom is -0.493 e. The molecule has 0 aliphatic rings. The minimum atomic E-state index is -4.02. The molecule has 0 saturated carbocycles. The van der Waals surface area contributed by atoms with Crippen molar-refractivity contribution in [1.82, 2.24) is 0 Å². The highest BCUT2D eigenvalue weighted by molar-refractivity contribution is 5.42. The summed E-state index contributed by atoms with van der Waals surface area (Å²) in [6.07, 6.45) is -16.1. The molecule has 0 saturated heterocycles. The Balaban J connectivity index is 2.53. The number of hydrogen-bond acceptors (Lipinski definition) is 4. The molecule has 142 valence electrons. The van der Waals surface area contributed by atoms with Gasteiger partial charge in [-0.05, 0) is 73.9 Å². The monoisotopic (exact) mass is 376 g/mol. The van der Waals surface area contributed by atoms with Crippen molar-refractivity contribution in [2.24, 2.45) is 0 Å². The van der Waals surface area contributed by atoms with Crippen LogP contribution in [-0.4, -0.2) is 31.8 Å². The van der Waals surface area contributed by atoms with Crippen LogP contribution in [0.15, 0.2) is 36.3 Å². The first kappa shape index (κ1) is 6.75. The van der Waals surface area contributed by atoms with Gasteiger partial charge < -0.3 is 19.3 Å². The second-order valence-electron chi connectivity index (χ2n) is 5.03. The summed E-state index contributed by atoms with van der Waals surface area (Å²) in [5.41, 5.74) is -0.390. The smallest absolute Gasteiger partial charge is 0.160 e. The molecule has 1 N–H and O–H groups in total. The standard InChI is InChI=1S/C22H30O4/c1-16-9-11-20(13-17(16)2)26-15-19(23)8-6-5-7-18-10-12-21(24-3)22(14-18)25-4/h9-14,19,23H,5-8,15H2,1-4H3/i3D3,4D3,5D2,7D2,8D2,9D,11D,13D,15D2,19D. The van der Waals surface area contributed by atoms with Gasteiger partial charge in [-0.3, -0.25) is 0 Å². The lowest BCUT2D eigenvalue weighted by Gasteiger charge is -2.13. The molecular formula is C22H30O4. The van der Waals surface area contributed by atoms with E-state index >= 15 is 0 Å². The van der Waals surface area contributed by atoms with Crippen LogP contribution in [0.4, 0.5) is 0 Å². The average molecular weight is 377 g/mol. The van der Waals surface area contributed by atoms with Gasteiger partial charge in [-0.1, -0.05) is 18.5 Å². The maximum absolute atomic E-state index is 10.8. The summed E-state index contributed by atoms with van der Waals surface area (Å²) >= 11 is 0. The van der Waals surface area contributed by atoms with Crippen molar-refractivity contribution in [1.29, 1.82) is 0 Å². The normalized spacial score (nSPS) is 26.4. The van der Waals surface area contributed by atoms with E-state index in [2.05, 4.69) is 4.74 Å². The van der Waals surface area contributed by atoms with Crippen molar-refractivity contribution in [3.8, 4) is 17.2 Å². The molecule has 0 bridgehead atoms. The third kappa shape index (κ3) is 5.95. The van der Waals surface area contributed by atoms with Gasteiger partial charge in [0.2, 0.25) is 0 Å². The van der Waals surface area contributed by atoms with Crippen molar-refractivity contribution in [2.75, 3.05) is 20.6 Å². The quantitative estimate of drug-likeness (QED) is 0.664. The third-order valence-corrected chi connectivity index (χ3v) is 3.22. The number of aryl methyl sites for hydroxylation is 1. The molecule has 1 unspecified atom stereocenters. The van der Waals surface area contributed by atoms with Gasteiger partial charge in [-0.25, -0.2) is 0 Å². The Morgan fingerprint density at radius 1 is 1.19 bits per heavy atom. The first-order valence-corrected chi connectivity index (χ1v) is 7.39. The van der Waals surface area contributed by atoms with Crippen LogP contribution in [0.2, 0.25) is 0 Å². The molecule has 0 aliphatic carbocycles. The molecule has 26 heavy (non-hydrogen) atoms. The lowest BCUT2D eigenvalue weighted by Crippen LogP contribution is -2.17. The van der Waals surface area contributed by atoms with Gasteiger partial charge >= 0.3 is 0 Å².